The molecule has 0 aliphatic carbocycles. The van der Waals surface area contributed by atoms with Crippen molar-refractivity contribution in [3.8, 4) is 10.6 Å². The van der Waals surface area contributed by atoms with Gasteiger partial charge < -0.3 is 4.57 Å². The first-order valence-electron chi connectivity index (χ1n) is 6.69. The monoisotopic (exact) mass is 336 g/mol. The number of rotatable bonds is 6. The van der Waals surface area contributed by atoms with Crippen LogP contribution in [0.1, 0.15) is 24.3 Å². The Kier molecular flexibility index (Phi) is 4.72. The molecule has 0 saturated heterocycles. The summed E-state index contributed by atoms with van der Waals surface area (Å²) in [7, 11) is 2.03. The summed E-state index contributed by atoms with van der Waals surface area (Å²) in [6.45, 7) is 2.10. The lowest BCUT2D eigenvalue weighted by Crippen LogP contribution is -2.00. The second kappa shape index (κ2) is 6.72. The molecule has 0 N–H and O–H groups in total. The lowest BCUT2D eigenvalue weighted by atomic mass is 10.4. The molecule has 4 nitrogen and oxygen atoms in total. The van der Waals surface area contributed by atoms with Crippen LogP contribution in [0.4, 0.5) is 0 Å². The van der Waals surface area contributed by atoms with Gasteiger partial charge >= 0.3 is 0 Å². The molecule has 3 heterocycles. The summed E-state index contributed by atoms with van der Waals surface area (Å²) in [6, 6.07) is 2.12. The Morgan fingerprint density at radius 1 is 1.19 bits per heavy atom. The van der Waals surface area contributed by atoms with Crippen molar-refractivity contribution >= 4 is 34.4 Å². The van der Waals surface area contributed by atoms with Gasteiger partial charge in [0.25, 0.3) is 0 Å². The van der Waals surface area contributed by atoms with Crippen LogP contribution in [0.15, 0.2) is 22.2 Å². The lowest BCUT2D eigenvalue weighted by Gasteiger charge is -2.01. The van der Waals surface area contributed by atoms with E-state index in [0.717, 1.165) is 40.3 Å². The van der Waals surface area contributed by atoms with Crippen LogP contribution in [-0.2, 0) is 25.0 Å². The van der Waals surface area contributed by atoms with E-state index in [1.807, 2.05) is 18.8 Å². The van der Waals surface area contributed by atoms with Crippen LogP contribution in [0.5, 0.6) is 0 Å². The van der Waals surface area contributed by atoms with E-state index in [2.05, 4.69) is 48.9 Å². The van der Waals surface area contributed by atoms with Gasteiger partial charge in [-0.15, -0.1) is 33.3 Å². The standard InChI is InChI=1S/C14H16N4S3/c1-3-12-16-17-13(18(12)2)9-20-7-11-8-21-14(15-11)10-4-5-19-6-10/h4-6,8H,3,7,9H2,1-2H3. The number of hydrogen-bond donors (Lipinski definition) is 0. The zero-order valence-electron chi connectivity index (χ0n) is 11.9. The Morgan fingerprint density at radius 2 is 2.05 bits per heavy atom. The van der Waals surface area contributed by atoms with Crippen LogP contribution in [0.3, 0.4) is 0 Å². The second-order valence-corrected chi connectivity index (χ2v) is 7.22. The molecule has 3 rings (SSSR count). The highest BCUT2D eigenvalue weighted by Gasteiger charge is 2.08. The fraction of sp³-hybridized carbons (Fsp3) is 0.357. The van der Waals surface area contributed by atoms with E-state index in [1.165, 1.54) is 5.56 Å². The van der Waals surface area contributed by atoms with Gasteiger partial charge in [-0.05, 0) is 11.4 Å². The van der Waals surface area contributed by atoms with E-state index < -0.39 is 0 Å². The molecule has 0 atom stereocenters. The third-order valence-electron chi connectivity index (χ3n) is 3.17. The van der Waals surface area contributed by atoms with Gasteiger partial charge in [0, 0.05) is 35.5 Å². The molecule has 7 heteroatoms. The van der Waals surface area contributed by atoms with Crippen molar-refractivity contribution in [3.05, 3.63) is 39.5 Å². The molecule has 3 aromatic rings. The number of hydrogen-bond acceptors (Lipinski definition) is 6. The minimum atomic E-state index is 0.870. The van der Waals surface area contributed by atoms with Crippen molar-refractivity contribution in [1.82, 2.24) is 19.7 Å². The predicted octanol–water partition coefficient (Wildman–Crippen LogP) is 4.00. The average molecular weight is 337 g/mol. The SMILES string of the molecule is CCc1nnc(CSCc2csc(-c3ccsc3)n2)n1C. The Balaban J connectivity index is 1.57. The highest BCUT2D eigenvalue weighted by atomic mass is 32.2. The van der Waals surface area contributed by atoms with Crippen molar-refractivity contribution < 1.29 is 0 Å². The fourth-order valence-electron chi connectivity index (χ4n) is 1.97. The molecule has 3 aromatic heterocycles. The number of aryl methyl sites for hydroxylation is 1. The Morgan fingerprint density at radius 3 is 2.76 bits per heavy atom. The molecule has 0 aromatic carbocycles. The number of aromatic nitrogens is 4. The number of thiophene rings is 1. The van der Waals surface area contributed by atoms with Crippen molar-refractivity contribution in [2.24, 2.45) is 7.05 Å². The normalized spacial score (nSPS) is 11.1. The number of nitrogens with zero attached hydrogens (tertiary/aromatic N) is 4. The zero-order chi connectivity index (χ0) is 14.7. The lowest BCUT2D eigenvalue weighted by molar-refractivity contribution is 0.781. The quantitative estimate of drug-likeness (QED) is 0.682. The first-order chi connectivity index (χ1) is 10.3. The molecule has 0 bridgehead atoms. The van der Waals surface area contributed by atoms with Crippen LogP contribution in [0.25, 0.3) is 10.6 Å². The van der Waals surface area contributed by atoms with E-state index in [1.54, 1.807) is 22.7 Å². The largest absolute Gasteiger partial charge is 0.317 e. The summed E-state index contributed by atoms with van der Waals surface area (Å²) in [5, 5.41) is 15.9. The Labute approximate surface area is 136 Å². The van der Waals surface area contributed by atoms with Crippen molar-refractivity contribution in [2.75, 3.05) is 0 Å². The van der Waals surface area contributed by atoms with E-state index in [-0.39, 0.29) is 0 Å². The third-order valence-corrected chi connectivity index (χ3v) is 5.76. The molecule has 0 aliphatic heterocycles. The second-order valence-electron chi connectivity index (χ2n) is 4.59. The van der Waals surface area contributed by atoms with Gasteiger partial charge in [0.1, 0.15) is 16.7 Å². The molecular weight excluding hydrogens is 320 g/mol. The van der Waals surface area contributed by atoms with Crippen LogP contribution < -0.4 is 0 Å². The average Bonchev–Trinajstić information content (AvgIpc) is 3.20. The third kappa shape index (κ3) is 3.36. The maximum atomic E-state index is 4.69. The summed E-state index contributed by atoms with van der Waals surface area (Å²) in [4.78, 5) is 4.69. The van der Waals surface area contributed by atoms with Crippen LogP contribution in [-0.4, -0.2) is 19.7 Å². The van der Waals surface area contributed by atoms with Crippen molar-refractivity contribution in [2.45, 2.75) is 24.9 Å². The van der Waals surface area contributed by atoms with Gasteiger partial charge in [-0.25, -0.2) is 4.98 Å². The highest BCUT2D eigenvalue weighted by Crippen LogP contribution is 2.27. The summed E-state index contributed by atoms with van der Waals surface area (Å²) >= 11 is 5.25. The molecular formula is C14H16N4S3. The smallest absolute Gasteiger partial charge is 0.142 e. The van der Waals surface area contributed by atoms with E-state index in [0.29, 0.717) is 0 Å². The topological polar surface area (TPSA) is 43.6 Å². The van der Waals surface area contributed by atoms with Crippen LogP contribution in [0.2, 0.25) is 0 Å². The maximum Gasteiger partial charge on any atom is 0.142 e. The van der Waals surface area contributed by atoms with Gasteiger partial charge in [-0.3, -0.25) is 0 Å². The summed E-state index contributed by atoms with van der Waals surface area (Å²) < 4.78 is 2.09. The van der Waals surface area contributed by atoms with E-state index in [9.17, 15) is 0 Å². The molecule has 0 saturated carbocycles. The number of thiazole rings is 1. The van der Waals surface area contributed by atoms with Crippen LogP contribution >= 0.6 is 34.4 Å². The number of thioether (sulfide) groups is 1. The van der Waals surface area contributed by atoms with Crippen molar-refractivity contribution in [1.29, 1.82) is 0 Å². The highest BCUT2D eigenvalue weighted by molar-refractivity contribution is 7.97. The molecule has 0 aliphatic rings. The van der Waals surface area contributed by atoms with Crippen molar-refractivity contribution in [3.63, 3.8) is 0 Å². The molecule has 0 radical (unpaired) electrons. The first-order valence-corrected chi connectivity index (χ1v) is 9.67. The minimum Gasteiger partial charge on any atom is -0.317 e. The molecule has 0 amide bonds. The summed E-state index contributed by atoms with van der Waals surface area (Å²) in [6.07, 6.45) is 0.921. The fourth-order valence-corrected chi connectivity index (χ4v) is 4.50. The molecule has 110 valence electrons. The zero-order valence-corrected chi connectivity index (χ0v) is 14.4. The van der Waals surface area contributed by atoms with Gasteiger partial charge in [0.2, 0.25) is 0 Å². The predicted molar refractivity (Wildman–Crippen MR) is 90.8 cm³/mol. The Hall–Kier alpha value is -1.18. The Bertz CT molecular complexity index is 700. The van der Waals surface area contributed by atoms with E-state index >= 15 is 0 Å². The maximum absolute atomic E-state index is 4.69. The first kappa shape index (κ1) is 14.7. The van der Waals surface area contributed by atoms with Gasteiger partial charge in [-0.1, -0.05) is 6.92 Å². The minimum absolute atomic E-state index is 0.870. The molecule has 21 heavy (non-hydrogen) atoms. The molecule has 0 unspecified atom stereocenters. The van der Waals surface area contributed by atoms with Gasteiger partial charge in [0.05, 0.1) is 11.4 Å². The van der Waals surface area contributed by atoms with Gasteiger partial charge in [0.15, 0.2) is 0 Å². The van der Waals surface area contributed by atoms with E-state index in [4.69, 9.17) is 0 Å². The molecule has 0 fully saturated rings. The molecule has 0 spiro atoms. The van der Waals surface area contributed by atoms with Crippen LogP contribution in [0, 0.1) is 0 Å². The van der Waals surface area contributed by atoms with Gasteiger partial charge in [-0.2, -0.15) is 11.3 Å². The summed E-state index contributed by atoms with van der Waals surface area (Å²) in [5.41, 5.74) is 2.37. The summed E-state index contributed by atoms with van der Waals surface area (Å²) in [5.74, 6) is 3.85.